The number of halogens is 2. The first-order chi connectivity index (χ1) is 17.9. The van der Waals surface area contributed by atoms with Gasteiger partial charge >= 0.3 is 5.97 Å². The summed E-state index contributed by atoms with van der Waals surface area (Å²) in [6.45, 7) is 3.74. The van der Waals surface area contributed by atoms with Crippen molar-refractivity contribution in [3.63, 3.8) is 0 Å². The number of piperidine rings is 1. The van der Waals surface area contributed by atoms with Crippen LogP contribution in [-0.2, 0) is 19.6 Å². The average molecular weight is 582 g/mol. The predicted octanol–water partition coefficient (Wildman–Crippen LogP) is 5.73. The Bertz CT molecular complexity index is 1300. The summed E-state index contributed by atoms with van der Waals surface area (Å²) in [5.41, 5.74) is 0.542. The minimum absolute atomic E-state index is 0.122. The van der Waals surface area contributed by atoms with E-state index in [0.717, 1.165) is 11.1 Å². The Hall–Kier alpha value is -2.13. The minimum atomic E-state index is -3.47. The molecule has 0 bridgehead atoms. The first-order valence-electron chi connectivity index (χ1n) is 12.9. The van der Waals surface area contributed by atoms with Crippen molar-refractivity contribution in [3.8, 4) is 0 Å². The summed E-state index contributed by atoms with van der Waals surface area (Å²) in [5, 5.41) is 10.5. The average Bonchev–Trinajstić information content (AvgIpc) is 3.70. The highest BCUT2D eigenvalue weighted by Crippen LogP contribution is 2.52. The van der Waals surface area contributed by atoms with Crippen molar-refractivity contribution in [3.05, 3.63) is 69.7 Å². The number of hydrogen-bond acceptors (Lipinski definition) is 4. The first-order valence-corrected chi connectivity index (χ1v) is 15.1. The summed E-state index contributed by atoms with van der Waals surface area (Å²) < 4.78 is 27.4. The van der Waals surface area contributed by atoms with Crippen molar-refractivity contribution in [1.29, 1.82) is 0 Å². The van der Waals surface area contributed by atoms with Gasteiger partial charge in [-0.25, -0.2) is 12.7 Å². The molecule has 0 unspecified atom stereocenters. The third-order valence-electron chi connectivity index (χ3n) is 7.84. The van der Waals surface area contributed by atoms with E-state index in [-0.39, 0.29) is 30.0 Å². The van der Waals surface area contributed by atoms with E-state index in [1.165, 1.54) is 4.31 Å². The molecular weight excluding hydrogens is 547 g/mol. The number of carbonyl (C=O) groups excluding carboxylic acids is 1. The van der Waals surface area contributed by atoms with Crippen LogP contribution in [0, 0.1) is 5.41 Å². The van der Waals surface area contributed by atoms with Crippen LogP contribution in [0.2, 0.25) is 10.0 Å². The van der Waals surface area contributed by atoms with Gasteiger partial charge in [-0.15, -0.1) is 0 Å². The molecule has 1 heterocycles. The molecule has 4 rings (SSSR count). The zero-order valence-electron chi connectivity index (χ0n) is 21.8. The molecule has 2 aliphatic rings. The second-order valence-electron chi connectivity index (χ2n) is 10.8. The molecule has 7 nitrogen and oxygen atoms in total. The summed E-state index contributed by atoms with van der Waals surface area (Å²) in [7, 11) is -1.91. The number of amides is 1. The lowest BCUT2D eigenvalue weighted by Crippen LogP contribution is -2.58. The maximum atomic E-state index is 14.3. The molecule has 10 heteroatoms. The van der Waals surface area contributed by atoms with Gasteiger partial charge in [-0.1, -0.05) is 61.3 Å². The highest BCUT2D eigenvalue weighted by atomic mass is 35.5. The van der Waals surface area contributed by atoms with Gasteiger partial charge in [-0.3, -0.25) is 9.59 Å². The third kappa shape index (κ3) is 5.88. The molecule has 0 spiro atoms. The number of sulfonamides is 1. The highest BCUT2D eigenvalue weighted by molar-refractivity contribution is 7.90. The quantitative estimate of drug-likeness (QED) is 0.387. The number of aliphatic carboxylic acids is 1. The fraction of sp³-hybridized carbons (Fsp3) is 0.500. The summed E-state index contributed by atoms with van der Waals surface area (Å²) in [6.07, 6.45) is 1.75. The van der Waals surface area contributed by atoms with Crippen LogP contribution in [0.25, 0.3) is 0 Å². The van der Waals surface area contributed by atoms with Crippen LogP contribution in [0.3, 0.4) is 0 Å². The van der Waals surface area contributed by atoms with E-state index in [0.29, 0.717) is 35.7 Å². The molecule has 1 aliphatic carbocycles. The minimum Gasteiger partial charge on any atom is -0.481 e. The summed E-state index contributed by atoms with van der Waals surface area (Å²) in [6, 6.07) is 13.8. The van der Waals surface area contributed by atoms with E-state index in [1.807, 2.05) is 37.3 Å². The van der Waals surface area contributed by atoms with Crippen LogP contribution in [0.5, 0.6) is 0 Å². The van der Waals surface area contributed by atoms with Crippen molar-refractivity contribution in [2.24, 2.45) is 5.41 Å². The van der Waals surface area contributed by atoms with Gasteiger partial charge in [0.2, 0.25) is 15.9 Å². The Kier molecular flexibility index (Phi) is 8.48. The molecule has 38 heavy (non-hydrogen) atoms. The standard InChI is InChI=1S/C28H34Cl2N2O5S/c1-4-22(17-31(3)38(36,37)23-12-13-23)32-26(18-8-10-20(29)11-9-18)24(19-6-5-7-21(30)14-19)15-28(2,27(32)35)16-25(33)34/h5-11,14,22-24,26H,4,12-13,15-17H2,1-3H3,(H,33,34)/t22-,24+,26+,28-/m0/s1. The van der Waals surface area contributed by atoms with E-state index < -0.39 is 33.5 Å². The van der Waals surface area contributed by atoms with Gasteiger partial charge in [0.15, 0.2) is 0 Å². The lowest BCUT2D eigenvalue weighted by Gasteiger charge is -2.52. The van der Waals surface area contributed by atoms with Gasteiger partial charge < -0.3 is 10.0 Å². The predicted molar refractivity (Wildman–Crippen MR) is 149 cm³/mol. The number of benzene rings is 2. The summed E-state index contributed by atoms with van der Waals surface area (Å²) in [4.78, 5) is 28.0. The SMILES string of the molecule is CC[C@@H](CN(C)S(=O)(=O)C1CC1)N1C(=O)[C@](C)(CC(=O)O)C[C@H](c2cccc(Cl)c2)[C@H]1c1ccc(Cl)cc1. The van der Waals surface area contributed by atoms with Gasteiger partial charge in [0.1, 0.15) is 0 Å². The first kappa shape index (κ1) is 28.9. The molecule has 1 saturated carbocycles. The largest absolute Gasteiger partial charge is 0.481 e. The number of rotatable bonds is 10. The van der Waals surface area contributed by atoms with Crippen LogP contribution in [0.1, 0.15) is 69.0 Å². The number of likely N-dealkylation sites (tertiary alicyclic amines) is 1. The van der Waals surface area contributed by atoms with Crippen LogP contribution >= 0.6 is 23.2 Å². The van der Waals surface area contributed by atoms with Crippen molar-refractivity contribution in [2.75, 3.05) is 13.6 Å². The van der Waals surface area contributed by atoms with Crippen molar-refractivity contribution < 1.29 is 23.1 Å². The lowest BCUT2D eigenvalue weighted by molar-refractivity contribution is -0.160. The monoisotopic (exact) mass is 580 g/mol. The Morgan fingerprint density at radius 1 is 1.13 bits per heavy atom. The van der Waals surface area contributed by atoms with E-state index in [1.54, 1.807) is 37.1 Å². The van der Waals surface area contributed by atoms with E-state index >= 15 is 0 Å². The topological polar surface area (TPSA) is 95.0 Å². The molecule has 206 valence electrons. The van der Waals surface area contributed by atoms with Crippen molar-refractivity contribution >= 4 is 45.1 Å². The maximum Gasteiger partial charge on any atom is 0.304 e. The number of likely N-dealkylation sites (N-methyl/N-ethyl adjacent to an activating group) is 1. The fourth-order valence-electron chi connectivity index (χ4n) is 5.72. The number of carboxylic acid groups (broad SMARTS) is 1. The second-order valence-corrected chi connectivity index (χ2v) is 14.0. The summed E-state index contributed by atoms with van der Waals surface area (Å²) in [5.74, 6) is -1.63. The molecule has 1 amide bonds. The Labute approximate surface area is 234 Å². The van der Waals surface area contributed by atoms with Crippen LogP contribution in [0.4, 0.5) is 0 Å². The zero-order valence-corrected chi connectivity index (χ0v) is 24.1. The molecule has 1 N–H and O–H groups in total. The molecule has 2 fully saturated rings. The Balaban J connectivity index is 1.86. The van der Waals surface area contributed by atoms with Crippen LogP contribution in [-0.4, -0.2) is 59.5 Å². The van der Waals surface area contributed by atoms with Gasteiger partial charge in [-0.05, 0) is 61.1 Å². The van der Waals surface area contributed by atoms with E-state index in [9.17, 15) is 23.1 Å². The lowest BCUT2D eigenvalue weighted by atomic mass is 9.67. The Morgan fingerprint density at radius 3 is 2.34 bits per heavy atom. The van der Waals surface area contributed by atoms with Gasteiger partial charge in [-0.2, -0.15) is 0 Å². The number of carboxylic acids is 1. The number of carbonyl (C=O) groups is 2. The molecule has 1 aliphatic heterocycles. The number of hydrogen-bond donors (Lipinski definition) is 1. The molecule has 4 atom stereocenters. The van der Waals surface area contributed by atoms with E-state index in [4.69, 9.17) is 23.2 Å². The van der Waals surface area contributed by atoms with Gasteiger partial charge in [0.05, 0.1) is 23.1 Å². The van der Waals surface area contributed by atoms with Crippen molar-refractivity contribution in [1.82, 2.24) is 9.21 Å². The maximum absolute atomic E-state index is 14.3. The van der Waals surface area contributed by atoms with Crippen molar-refractivity contribution in [2.45, 2.75) is 69.2 Å². The van der Waals surface area contributed by atoms with Gasteiger partial charge in [0.25, 0.3) is 0 Å². The Morgan fingerprint density at radius 2 is 1.79 bits per heavy atom. The molecule has 2 aromatic carbocycles. The number of nitrogens with zero attached hydrogens (tertiary/aromatic N) is 2. The fourth-order valence-corrected chi connectivity index (χ4v) is 7.66. The van der Waals surface area contributed by atoms with Gasteiger partial charge in [0, 0.05) is 35.6 Å². The third-order valence-corrected chi connectivity index (χ3v) is 10.7. The molecule has 0 aromatic heterocycles. The smallest absolute Gasteiger partial charge is 0.304 e. The second kappa shape index (κ2) is 11.2. The molecule has 0 radical (unpaired) electrons. The van der Waals surface area contributed by atoms with Crippen LogP contribution < -0.4 is 0 Å². The molecule has 1 saturated heterocycles. The zero-order chi connectivity index (χ0) is 27.8. The molecule has 2 aromatic rings. The highest BCUT2D eigenvalue weighted by Gasteiger charge is 2.52. The summed E-state index contributed by atoms with van der Waals surface area (Å²) >= 11 is 12.6. The van der Waals surface area contributed by atoms with E-state index in [2.05, 4.69) is 0 Å². The molecular formula is C28H34Cl2N2O5S. The van der Waals surface area contributed by atoms with Crippen LogP contribution in [0.15, 0.2) is 48.5 Å². The normalized spacial score (nSPS) is 25.0.